The van der Waals surface area contributed by atoms with Gasteiger partial charge in [0.15, 0.2) is 3.92 Å². The van der Waals surface area contributed by atoms with Gasteiger partial charge >= 0.3 is 0 Å². The molecule has 0 saturated heterocycles. The first-order valence-electron chi connectivity index (χ1n) is 2.49. The molecule has 1 aromatic heterocycles. The maximum absolute atomic E-state index is 5.02. The zero-order chi connectivity index (χ0) is 7.40. The molecule has 0 fully saturated rings. The van der Waals surface area contributed by atoms with Gasteiger partial charge in [0.25, 0.3) is 0 Å². The van der Waals surface area contributed by atoms with Crippen molar-refractivity contribution in [2.24, 2.45) is 0 Å². The minimum absolute atomic E-state index is 0.488. The second-order valence-corrected chi connectivity index (χ2v) is 3.67. The van der Waals surface area contributed by atoms with E-state index < -0.39 is 0 Å². The molecular formula is C5H4BrN3S. The first kappa shape index (κ1) is 7.51. The van der Waals surface area contributed by atoms with Crippen molar-refractivity contribution in [2.45, 2.75) is 0 Å². The van der Waals surface area contributed by atoms with Crippen LogP contribution < -0.4 is 5.32 Å². The largest absolute Gasteiger partial charge is 0.349 e. The number of terminal acetylenes is 1. The van der Waals surface area contributed by atoms with Crippen LogP contribution in [-0.2, 0) is 0 Å². The van der Waals surface area contributed by atoms with Crippen molar-refractivity contribution in [3.8, 4) is 12.3 Å². The van der Waals surface area contributed by atoms with Gasteiger partial charge in [0.2, 0.25) is 5.13 Å². The number of hydrogen-bond donors (Lipinski definition) is 1. The molecule has 0 saturated carbocycles. The van der Waals surface area contributed by atoms with Crippen LogP contribution in [0.4, 0.5) is 5.13 Å². The van der Waals surface area contributed by atoms with Gasteiger partial charge in [0.1, 0.15) is 0 Å². The van der Waals surface area contributed by atoms with Crippen LogP contribution >= 0.6 is 27.3 Å². The standard InChI is InChI=1S/C5H4BrN3S/c1-2-3-7-5-9-8-4(6)10-5/h1H,3H2,(H,7,9). The highest BCUT2D eigenvalue weighted by Crippen LogP contribution is 2.19. The Morgan fingerprint density at radius 3 is 3.00 bits per heavy atom. The smallest absolute Gasteiger partial charge is 0.207 e. The molecule has 0 aliphatic carbocycles. The Hall–Kier alpha value is -0.600. The van der Waals surface area contributed by atoms with Crippen molar-refractivity contribution in [1.29, 1.82) is 0 Å². The van der Waals surface area contributed by atoms with Gasteiger partial charge in [-0.05, 0) is 15.9 Å². The first-order valence-corrected chi connectivity index (χ1v) is 4.10. The zero-order valence-electron chi connectivity index (χ0n) is 4.97. The third-order valence-corrected chi connectivity index (χ3v) is 2.06. The van der Waals surface area contributed by atoms with Gasteiger partial charge in [-0.1, -0.05) is 17.3 Å². The van der Waals surface area contributed by atoms with E-state index >= 15 is 0 Å². The van der Waals surface area contributed by atoms with E-state index in [9.17, 15) is 0 Å². The van der Waals surface area contributed by atoms with E-state index in [1.807, 2.05) is 0 Å². The van der Waals surface area contributed by atoms with Crippen molar-refractivity contribution in [3.63, 3.8) is 0 Å². The van der Waals surface area contributed by atoms with Gasteiger partial charge in [-0.15, -0.1) is 16.6 Å². The van der Waals surface area contributed by atoms with Crippen molar-refractivity contribution in [2.75, 3.05) is 11.9 Å². The van der Waals surface area contributed by atoms with Gasteiger partial charge in [-0.25, -0.2) is 0 Å². The molecule has 0 aliphatic rings. The minimum atomic E-state index is 0.488. The molecule has 3 nitrogen and oxygen atoms in total. The Morgan fingerprint density at radius 2 is 2.50 bits per heavy atom. The van der Waals surface area contributed by atoms with Crippen molar-refractivity contribution >= 4 is 32.4 Å². The van der Waals surface area contributed by atoms with Crippen molar-refractivity contribution in [1.82, 2.24) is 10.2 Å². The van der Waals surface area contributed by atoms with Gasteiger partial charge in [0.05, 0.1) is 6.54 Å². The predicted octanol–water partition coefficient (Wildman–Crippen LogP) is 1.35. The molecular weight excluding hydrogens is 214 g/mol. The molecule has 1 N–H and O–H groups in total. The van der Waals surface area contributed by atoms with Gasteiger partial charge < -0.3 is 5.32 Å². The van der Waals surface area contributed by atoms with E-state index in [0.717, 1.165) is 9.05 Å². The molecule has 0 aromatic carbocycles. The lowest BCUT2D eigenvalue weighted by Gasteiger charge is -1.90. The number of anilines is 1. The summed E-state index contributed by atoms with van der Waals surface area (Å²) in [5.41, 5.74) is 0. The molecule has 1 aromatic rings. The highest BCUT2D eigenvalue weighted by Gasteiger charge is 1.96. The number of nitrogens with one attached hydrogen (secondary N) is 1. The zero-order valence-corrected chi connectivity index (χ0v) is 7.37. The van der Waals surface area contributed by atoms with E-state index in [1.165, 1.54) is 11.3 Å². The SMILES string of the molecule is C#CCNc1nnc(Br)s1. The second kappa shape index (κ2) is 3.54. The molecule has 1 rings (SSSR count). The maximum atomic E-state index is 5.02. The summed E-state index contributed by atoms with van der Waals surface area (Å²) in [6, 6.07) is 0. The third kappa shape index (κ3) is 1.97. The number of nitrogens with zero attached hydrogens (tertiary/aromatic N) is 2. The van der Waals surface area contributed by atoms with Crippen LogP contribution in [0.5, 0.6) is 0 Å². The van der Waals surface area contributed by atoms with Crippen LogP contribution in [0.25, 0.3) is 0 Å². The number of hydrogen-bond acceptors (Lipinski definition) is 4. The van der Waals surface area contributed by atoms with E-state index in [1.54, 1.807) is 0 Å². The first-order chi connectivity index (χ1) is 4.83. The van der Waals surface area contributed by atoms with Crippen LogP contribution in [0.2, 0.25) is 0 Å². The Bertz CT molecular complexity index is 252. The second-order valence-electron chi connectivity index (χ2n) is 1.42. The maximum Gasteiger partial charge on any atom is 0.207 e. The van der Waals surface area contributed by atoms with E-state index in [-0.39, 0.29) is 0 Å². The summed E-state index contributed by atoms with van der Waals surface area (Å²) in [6.45, 7) is 0.488. The van der Waals surface area contributed by atoms with E-state index in [0.29, 0.717) is 6.54 Å². The van der Waals surface area contributed by atoms with Crippen LogP contribution in [-0.4, -0.2) is 16.7 Å². The van der Waals surface area contributed by atoms with Gasteiger partial charge in [-0.3, -0.25) is 0 Å². The Labute approximate surface area is 71.0 Å². The fourth-order valence-corrected chi connectivity index (χ4v) is 1.41. The van der Waals surface area contributed by atoms with Crippen LogP contribution in [0.1, 0.15) is 0 Å². The average Bonchev–Trinajstić information content (AvgIpc) is 2.31. The summed E-state index contributed by atoms with van der Waals surface area (Å²) < 4.78 is 0.757. The summed E-state index contributed by atoms with van der Waals surface area (Å²) in [6.07, 6.45) is 5.02. The highest BCUT2D eigenvalue weighted by molar-refractivity contribution is 9.11. The number of aromatic nitrogens is 2. The monoisotopic (exact) mass is 217 g/mol. The van der Waals surface area contributed by atoms with E-state index in [2.05, 4.69) is 37.4 Å². The summed E-state index contributed by atoms with van der Waals surface area (Å²) in [5, 5.41) is 11.1. The molecule has 5 heteroatoms. The molecule has 1 heterocycles. The molecule has 0 spiro atoms. The Balaban J connectivity index is 2.52. The summed E-state index contributed by atoms with van der Waals surface area (Å²) in [5.74, 6) is 2.44. The summed E-state index contributed by atoms with van der Waals surface area (Å²) in [7, 11) is 0. The van der Waals surface area contributed by atoms with E-state index in [4.69, 9.17) is 6.42 Å². The highest BCUT2D eigenvalue weighted by atomic mass is 79.9. The normalized spacial score (nSPS) is 8.80. The van der Waals surface area contributed by atoms with Crippen LogP contribution in [0, 0.1) is 12.3 Å². The molecule has 0 radical (unpaired) electrons. The molecule has 10 heavy (non-hydrogen) atoms. The molecule has 0 bridgehead atoms. The summed E-state index contributed by atoms with van der Waals surface area (Å²) in [4.78, 5) is 0. The lowest BCUT2D eigenvalue weighted by Crippen LogP contribution is -1.96. The average molecular weight is 218 g/mol. The molecule has 0 amide bonds. The lowest BCUT2D eigenvalue weighted by molar-refractivity contribution is 1.06. The topological polar surface area (TPSA) is 37.8 Å². The summed E-state index contributed by atoms with van der Waals surface area (Å²) >= 11 is 4.59. The Kier molecular flexibility index (Phi) is 2.66. The van der Waals surface area contributed by atoms with Crippen molar-refractivity contribution < 1.29 is 0 Å². The molecule has 0 aliphatic heterocycles. The fourth-order valence-electron chi connectivity index (χ4n) is 0.403. The quantitative estimate of drug-likeness (QED) is 0.761. The lowest BCUT2D eigenvalue weighted by atomic mass is 10.7. The van der Waals surface area contributed by atoms with Crippen molar-refractivity contribution in [3.05, 3.63) is 3.92 Å². The van der Waals surface area contributed by atoms with Gasteiger partial charge in [-0.2, -0.15) is 0 Å². The minimum Gasteiger partial charge on any atom is -0.349 e. The number of halogens is 1. The van der Waals surface area contributed by atoms with Gasteiger partial charge in [0, 0.05) is 0 Å². The fraction of sp³-hybridized carbons (Fsp3) is 0.200. The molecule has 0 atom stereocenters. The van der Waals surface area contributed by atoms with Crippen LogP contribution in [0.3, 0.4) is 0 Å². The Morgan fingerprint density at radius 1 is 1.70 bits per heavy atom. The van der Waals surface area contributed by atoms with Crippen LogP contribution in [0.15, 0.2) is 3.92 Å². The molecule has 52 valence electrons. The molecule has 0 unspecified atom stereocenters. The number of rotatable bonds is 2. The predicted molar refractivity (Wildman–Crippen MR) is 44.9 cm³/mol. The third-order valence-electron chi connectivity index (χ3n) is 0.742.